The third-order valence-electron chi connectivity index (χ3n) is 5.61. The molecule has 2 unspecified atom stereocenters. The number of amides is 2. The number of benzene rings is 2. The summed E-state index contributed by atoms with van der Waals surface area (Å²) in [5.74, 6) is 0.829. The van der Waals surface area contributed by atoms with Gasteiger partial charge in [0.2, 0.25) is 0 Å². The van der Waals surface area contributed by atoms with Crippen LogP contribution >= 0.6 is 0 Å². The van der Waals surface area contributed by atoms with Crippen molar-refractivity contribution < 1.29 is 9.53 Å². The molecule has 1 aliphatic rings. The maximum absolute atomic E-state index is 13.0. The Morgan fingerprint density at radius 2 is 2.04 bits per heavy atom. The van der Waals surface area contributed by atoms with Crippen molar-refractivity contribution in [1.82, 2.24) is 15.1 Å². The van der Waals surface area contributed by atoms with Crippen LogP contribution in [0, 0.1) is 6.92 Å². The van der Waals surface area contributed by atoms with Crippen molar-refractivity contribution in [3.8, 4) is 5.75 Å². The van der Waals surface area contributed by atoms with Crippen molar-refractivity contribution in [3.05, 3.63) is 65.2 Å². The molecule has 0 saturated carbocycles. The minimum absolute atomic E-state index is 0.0144. The lowest BCUT2D eigenvalue weighted by molar-refractivity contribution is 0.187. The van der Waals surface area contributed by atoms with E-state index in [1.54, 1.807) is 7.11 Å². The van der Waals surface area contributed by atoms with Gasteiger partial charge in [0.05, 0.1) is 19.2 Å². The van der Waals surface area contributed by atoms with Gasteiger partial charge in [0, 0.05) is 13.1 Å². The molecule has 0 spiro atoms. The maximum Gasteiger partial charge on any atom is 0.317 e. The summed E-state index contributed by atoms with van der Waals surface area (Å²) >= 11 is 0. The smallest absolute Gasteiger partial charge is 0.317 e. The summed E-state index contributed by atoms with van der Waals surface area (Å²) in [7, 11) is 5.73. The summed E-state index contributed by atoms with van der Waals surface area (Å²) in [4.78, 5) is 17.1. The highest BCUT2D eigenvalue weighted by Crippen LogP contribution is 2.33. The minimum atomic E-state index is 0.0144. The number of nitrogens with one attached hydrogen (secondary N) is 1. The second-order valence-corrected chi connectivity index (χ2v) is 7.65. The van der Waals surface area contributed by atoms with Crippen LogP contribution in [0.15, 0.2) is 48.5 Å². The van der Waals surface area contributed by atoms with Gasteiger partial charge in [-0.15, -0.1) is 0 Å². The van der Waals surface area contributed by atoms with Crippen molar-refractivity contribution >= 4 is 6.03 Å². The molecule has 1 fully saturated rings. The Kier molecular flexibility index (Phi) is 6.57. The summed E-state index contributed by atoms with van der Waals surface area (Å²) in [6, 6.07) is 16.7. The average molecular weight is 382 g/mol. The molecule has 2 aromatic rings. The fourth-order valence-electron chi connectivity index (χ4n) is 4.03. The number of likely N-dealkylation sites (N-methyl/N-ethyl adjacent to an activating group) is 1. The highest BCUT2D eigenvalue weighted by Gasteiger charge is 2.31. The minimum Gasteiger partial charge on any atom is -0.497 e. The quantitative estimate of drug-likeness (QED) is 0.817. The van der Waals surface area contributed by atoms with Gasteiger partial charge in [-0.3, -0.25) is 0 Å². The normalized spacial score (nSPS) is 17.6. The van der Waals surface area contributed by atoms with Gasteiger partial charge in [-0.2, -0.15) is 0 Å². The van der Waals surface area contributed by atoms with Crippen molar-refractivity contribution in [3.63, 3.8) is 0 Å². The van der Waals surface area contributed by atoms with E-state index in [1.165, 1.54) is 11.1 Å². The molecule has 28 heavy (non-hydrogen) atoms. The van der Waals surface area contributed by atoms with Crippen LogP contribution in [0.3, 0.4) is 0 Å². The molecule has 5 nitrogen and oxygen atoms in total. The molecule has 2 aromatic carbocycles. The third kappa shape index (κ3) is 4.47. The Hall–Kier alpha value is -2.53. The first-order valence-corrected chi connectivity index (χ1v) is 9.91. The van der Waals surface area contributed by atoms with Crippen LogP contribution < -0.4 is 10.1 Å². The van der Waals surface area contributed by atoms with Crippen molar-refractivity contribution in [2.45, 2.75) is 31.8 Å². The fraction of sp³-hybridized carbons (Fsp3) is 0.435. The monoisotopic (exact) mass is 381 g/mol. The summed E-state index contributed by atoms with van der Waals surface area (Å²) in [5.41, 5.74) is 3.63. The number of urea groups is 1. The van der Waals surface area contributed by atoms with Crippen LogP contribution in [-0.4, -0.2) is 50.1 Å². The van der Waals surface area contributed by atoms with Crippen LogP contribution in [0.4, 0.5) is 4.79 Å². The lowest BCUT2D eigenvalue weighted by atomic mass is 9.99. The molecule has 2 atom stereocenters. The Morgan fingerprint density at radius 1 is 1.25 bits per heavy atom. The van der Waals surface area contributed by atoms with Gasteiger partial charge in [0.1, 0.15) is 5.75 Å². The van der Waals surface area contributed by atoms with Crippen LogP contribution in [0.25, 0.3) is 0 Å². The first kappa shape index (κ1) is 20.2. The lowest BCUT2D eigenvalue weighted by Crippen LogP contribution is -2.43. The fourth-order valence-corrected chi connectivity index (χ4v) is 4.03. The van der Waals surface area contributed by atoms with Gasteiger partial charge in [0.25, 0.3) is 0 Å². The number of carbonyl (C=O) groups excluding carboxylic acids is 1. The Labute approximate surface area is 168 Å². The molecule has 1 aliphatic heterocycles. The molecular weight excluding hydrogens is 350 g/mol. The Bertz CT molecular complexity index is 806. The maximum atomic E-state index is 13.0. The van der Waals surface area contributed by atoms with Gasteiger partial charge < -0.3 is 19.9 Å². The number of carbonyl (C=O) groups is 1. The Morgan fingerprint density at radius 3 is 2.75 bits per heavy atom. The van der Waals surface area contributed by atoms with Gasteiger partial charge in [-0.1, -0.05) is 36.4 Å². The summed E-state index contributed by atoms with van der Waals surface area (Å²) < 4.78 is 5.35. The summed E-state index contributed by atoms with van der Waals surface area (Å²) in [6.07, 6.45) is 2.06. The SMILES string of the molecule is COc1cccc(C(CNC(=O)N2CCCC2c2ccccc2C)N(C)C)c1. The molecule has 2 amide bonds. The molecule has 0 aromatic heterocycles. The van der Waals surface area contributed by atoms with E-state index >= 15 is 0 Å². The molecule has 150 valence electrons. The number of rotatable bonds is 6. The number of methoxy groups -OCH3 is 1. The van der Waals surface area contributed by atoms with Crippen molar-refractivity contribution in [1.29, 1.82) is 0 Å². The second-order valence-electron chi connectivity index (χ2n) is 7.65. The highest BCUT2D eigenvalue weighted by molar-refractivity contribution is 5.75. The Balaban J connectivity index is 1.69. The summed E-state index contributed by atoms with van der Waals surface area (Å²) in [6.45, 7) is 3.47. The van der Waals surface area contributed by atoms with E-state index < -0.39 is 0 Å². The molecule has 0 bridgehead atoms. The van der Waals surface area contributed by atoms with E-state index in [1.807, 2.05) is 43.3 Å². The standard InChI is InChI=1S/C23H31N3O2/c1-17-9-5-6-12-20(17)21-13-8-14-26(21)23(27)24-16-22(25(2)3)18-10-7-11-19(15-18)28-4/h5-7,9-12,15,21-22H,8,13-14,16H2,1-4H3,(H,24,27). The molecule has 1 heterocycles. The zero-order valence-electron chi connectivity index (χ0n) is 17.3. The van der Waals surface area contributed by atoms with E-state index in [0.717, 1.165) is 30.7 Å². The van der Waals surface area contributed by atoms with Gasteiger partial charge in [-0.25, -0.2) is 4.79 Å². The lowest BCUT2D eigenvalue weighted by Gasteiger charge is -2.29. The van der Waals surface area contributed by atoms with E-state index in [0.29, 0.717) is 6.54 Å². The molecule has 0 aliphatic carbocycles. The molecular formula is C23H31N3O2. The predicted molar refractivity (Wildman–Crippen MR) is 113 cm³/mol. The largest absolute Gasteiger partial charge is 0.497 e. The van der Waals surface area contributed by atoms with Crippen molar-refractivity contribution in [2.75, 3.05) is 34.3 Å². The van der Waals surface area contributed by atoms with E-state index in [9.17, 15) is 4.79 Å². The zero-order valence-corrected chi connectivity index (χ0v) is 17.3. The highest BCUT2D eigenvalue weighted by atomic mass is 16.5. The van der Waals surface area contributed by atoms with Crippen molar-refractivity contribution in [2.24, 2.45) is 0 Å². The van der Waals surface area contributed by atoms with Crippen LogP contribution in [0.5, 0.6) is 5.75 Å². The molecule has 1 N–H and O–H groups in total. The van der Waals surface area contributed by atoms with Gasteiger partial charge >= 0.3 is 6.03 Å². The van der Waals surface area contributed by atoms with Crippen LogP contribution in [0.2, 0.25) is 0 Å². The van der Waals surface area contributed by atoms with E-state index in [4.69, 9.17) is 4.74 Å². The van der Waals surface area contributed by atoms with Crippen LogP contribution in [-0.2, 0) is 0 Å². The number of ether oxygens (including phenoxy) is 1. The first-order chi connectivity index (χ1) is 13.5. The van der Waals surface area contributed by atoms with E-state index in [2.05, 4.69) is 41.4 Å². The first-order valence-electron chi connectivity index (χ1n) is 9.91. The van der Waals surface area contributed by atoms with E-state index in [-0.39, 0.29) is 18.1 Å². The molecule has 1 saturated heterocycles. The zero-order chi connectivity index (χ0) is 20.1. The third-order valence-corrected chi connectivity index (χ3v) is 5.61. The number of aryl methyl sites for hydroxylation is 1. The molecule has 3 rings (SSSR count). The van der Waals surface area contributed by atoms with Gasteiger partial charge in [0.15, 0.2) is 0 Å². The molecule has 0 radical (unpaired) electrons. The number of likely N-dealkylation sites (tertiary alicyclic amines) is 1. The second kappa shape index (κ2) is 9.11. The molecule has 5 heteroatoms. The van der Waals surface area contributed by atoms with Crippen LogP contribution in [0.1, 0.15) is 41.6 Å². The number of hydrogen-bond acceptors (Lipinski definition) is 3. The average Bonchev–Trinajstić information content (AvgIpc) is 3.18. The number of hydrogen-bond donors (Lipinski definition) is 1. The van der Waals surface area contributed by atoms with Gasteiger partial charge in [-0.05, 0) is 62.7 Å². The topological polar surface area (TPSA) is 44.8 Å². The summed E-state index contributed by atoms with van der Waals surface area (Å²) in [5, 5.41) is 3.17. The number of nitrogens with zero attached hydrogens (tertiary/aromatic N) is 2. The predicted octanol–water partition coefficient (Wildman–Crippen LogP) is 4.15.